The molecule has 8 aromatic rings. The zero-order valence-electron chi connectivity index (χ0n) is 33.2. The maximum Gasteiger partial charge on any atom is 0.163 e. The lowest BCUT2D eigenvalue weighted by Crippen LogP contribution is -2.39. The minimum Gasteiger partial charge on any atom is -0.344 e. The lowest BCUT2D eigenvalue weighted by atomic mass is 9.65. The number of hydrogen-bond donors (Lipinski definition) is 0. The number of fused-ring (bicyclic) bond motifs is 6. The summed E-state index contributed by atoms with van der Waals surface area (Å²) in [5.74, 6) is -0.438. The fourth-order valence-corrected chi connectivity index (χ4v) is 10.4. The summed E-state index contributed by atoms with van der Waals surface area (Å²) >= 11 is 0. The van der Waals surface area contributed by atoms with Crippen molar-refractivity contribution in [3.63, 3.8) is 0 Å². The molecule has 0 saturated carbocycles. The van der Waals surface area contributed by atoms with Crippen LogP contribution in [0.3, 0.4) is 0 Å². The van der Waals surface area contributed by atoms with E-state index in [1.807, 2.05) is 0 Å². The Bertz CT molecular complexity index is 2720. The first-order valence-electron chi connectivity index (χ1n) is 20.5. The molecule has 1 aliphatic carbocycles. The van der Waals surface area contributed by atoms with Gasteiger partial charge in [-0.1, -0.05) is 178 Å². The second-order valence-electron chi connectivity index (χ2n) is 16.4. The summed E-state index contributed by atoms with van der Waals surface area (Å²) in [6.07, 6.45) is 2.74. The van der Waals surface area contributed by atoms with E-state index in [1.54, 1.807) is 0 Å². The van der Waals surface area contributed by atoms with Crippen LogP contribution in [0.1, 0.15) is 74.6 Å². The molecule has 0 N–H and O–H groups in total. The third kappa shape index (κ3) is 6.30. The van der Waals surface area contributed by atoms with Crippen LogP contribution in [0.5, 0.6) is 0 Å². The molecule has 1 fully saturated rings. The smallest absolute Gasteiger partial charge is 0.163 e. The molecule has 2 nitrogen and oxygen atoms in total. The minimum atomic E-state index is -0.669. The zero-order valence-corrected chi connectivity index (χ0v) is 35.5. The average molecular weight is 857 g/mol. The van der Waals surface area contributed by atoms with Crippen LogP contribution in [0.4, 0.5) is 0 Å². The Morgan fingerprint density at radius 1 is 0.509 bits per heavy atom. The predicted molar refractivity (Wildman–Crippen MR) is 250 cm³/mol. The van der Waals surface area contributed by atoms with E-state index < -0.39 is 5.79 Å². The fourth-order valence-electron chi connectivity index (χ4n) is 10.4. The highest BCUT2D eigenvalue weighted by molar-refractivity contribution is 14.0. The van der Waals surface area contributed by atoms with Crippen molar-refractivity contribution in [1.82, 2.24) is 0 Å². The number of ether oxygens (including phenoxy) is 2. The quantitative estimate of drug-likeness (QED) is 0.0903. The van der Waals surface area contributed by atoms with Gasteiger partial charge in [0, 0.05) is 11.8 Å². The van der Waals surface area contributed by atoms with Crippen LogP contribution in [0, 0.1) is 0 Å². The van der Waals surface area contributed by atoms with Gasteiger partial charge in [-0.15, -0.1) is 24.0 Å². The van der Waals surface area contributed by atoms with Gasteiger partial charge in [0.25, 0.3) is 0 Å². The van der Waals surface area contributed by atoms with Crippen LogP contribution in [0.15, 0.2) is 158 Å². The first-order valence-corrected chi connectivity index (χ1v) is 20.5. The molecule has 0 amide bonds. The van der Waals surface area contributed by atoms with Gasteiger partial charge < -0.3 is 9.47 Å². The number of hydrogen-bond acceptors (Lipinski definition) is 2. The SMILES string of the molecule is CCCC1c2c(c(-c3ccccc3)c3c(-c4ccccc4)c4ccc5ccccc5c4c(Cc4ccccc4)c3c2-c2ccccc2)C(C)C2OC(C)(C)OC12.I. The first-order chi connectivity index (χ1) is 27.4. The van der Waals surface area contributed by atoms with E-state index in [0.29, 0.717) is 0 Å². The van der Waals surface area contributed by atoms with Gasteiger partial charge in [-0.2, -0.15) is 0 Å². The fraction of sp³-hybridized carbons (Fsp3) is 0.222. The maximum atomic E-state index is 7.02. The lowest BCUT2D eigenvalue weighted by molar-refractivity contribution is -0.148. The molecule has 10 rings (SSSR count). The average Bonchev–Trinajstić information content (AvgIpc) is 3.58. The monoisotopic (exact) mass is 856 g/mol. The molecule has 0 radical (unpaired) electrons. The van der Waals surface area contributed by atoms with Crippen molar-refractivity contribution in [3.8, 4) is 33.4 Å². The van der Waals surface area contributed by atoms with E-state index in [-0.39, 0.29) is 48.0 Å². The molecular formula is C54H49IO2. The van der Waals surface area contributed by atoms with Gasteiger partial charge in [0.1, 0.15) is 0 Å². The molecule has 57 heavy (non-hydrogen) atoms. The van der Waals surface area contributed by atoms with Crippen LogP contribution in [0.25, 0.3) is 65.7 Å². The van der Waals surface area contributed by atoms with Crippen LogP contribution < -0.4 is 0 Å². The Balaban J connectivity index is 0.00000422. The molecule has 2 aliphatic rings. The Morgan fingerprint density at radius 2 is 1.04 bits per heavy atom. The van der Waals surface area contributed by atoms with Crippen molar-refractivity contribution in [2.45, 2.75) is 76.8 Å². The highest BCUT2D eigenvalue weighted by Gasteiger charge is 2.53. The highest BCUT2D eigenvalue weighted by atomic mass is 127. The highest BCUT2D eigenvalue weighted by Crippen LogP contribution is 2.60. The molecule has 1 saturated heterocycles. The second-order valence-corrected chi connectivity index (χ2v) is 16.4. The summed E-state index contributed by atoms with van der Waals surface area (Å²) in [5, 5.41) is 7.86. The summed E-state index contributed by atoms with van der Waals surface area (Å²) < 4.78 is 14.0. The van der Waals surface area contributed by atoms with Crippen LogP contribution in [-0.2, 0) is 15.9 Å². The van der Waals surface area contributed by atoms with E-state index in [0.717, 1.165) is 19.3 Å². The molecule has 0 bridgehead atoms. The normalized spacial score (nSPS) is 19.6. The summed E-state index contributed by atoms with van der Waals surface area (Å²) in [5.41, 5.74) is 13.2. The van der Waals surface area contributed by atoms with Crippen molar-refractivity contribution in [2.75, 3.05) is 0 Å². The van der Waals surface area contributed by atoms with Crippen molar-refractivity contribution in [1.29, 1.82) is 0 Å². The predicted octanol–water partition coefficient (Wildman–Crippen LogP) is 14.9. The summed E-state index contributed by atoms with van der Waals surface area (Å²) in [6, 6.07) is 58.4. The second kappa shape index (κ2) is 15.2. The third-order valence-corrected chi connectivity index (χ3v) is 12.5. The Labute approximate surface area is 353 Å². The van der Waals surface area contributed by atoms with Gasteiger partial charge >= 0.3 is 0 Å². The minimum absolute atomic E-state index is 0. The van der Waals surface area contributed by atoms with Crippen LogP contribution in [0.2, 0.25) is 0 Å². The Hall–Kier alpha value is -4.81. The van der Waals surface area contributed by atoms with Crippen molar-refractivity contribution in [2.24, 2.45) is 0 Å². The molecule has 4 unspecified atom stereocenters. The van der Waals surface area contributed by atoms with Gasteiger partial charge in [-0.25, -0.2) is 0 Å². The lowest BCUT2D eigenvalue weighted by Gasteiger charge is -2.42. The molecule has 1 aliphatic heterocycles. The first kappa shape index (κ1) is 37.7. The number of rotatable bonds is 7. The molecule has 0 spiro atoms. The van der Waals surface area contributed by atoms with Crippen LogP contribution >= 0.6 is 24.0 Å². The Morgan fingerprint density at radius 3 is 1.65 bits per heavy atom. The van der Waals surface area contributed by atoms with Crippen molar-refractivity contribution < 1.29 is 9.47 Å². The van der Waals surface area contributed by atoms with E-state index in [9.17, 15) is 0 Å². The largest absolute Gasteiger partial charge is 0.344 e. The molecule has 4 atom stereocenters. The van der Waals surface area contributed by atoms with Gasteiger partial charge in [-0.3, -0.25) is 0 Å². The van der Waals surface area contributed by atoms with Gasteiger partial charge in [0.2, 0.25) is 0 Å². The molecule has 0 aromatic heterocycles. The van der Waals surface area contributed by atoms with Crippen LogP contribution in [-0.4, -0.2) is 18.0 Å². The molecule has 3 heteroatoms. The topological polar surface area (TPSA) is 18.5 Å². The van der Waals surface area contributed by atoms with E-state index >= 15 is 0 Å². The van der Waals surface area contributed by atoms with Gasteiger partial charge in [0.05, 0.1) is 12.2 Å². The molecule has 1 heterocycles. The summed E-state index contributed by atoms with van der Waals surface area (Å²) in [4.78, 5) is 0. The van der Waals surface area contributed by atoms with Gasteiger partial charge in [0.15, 0.2) is 5.79 Å². The number of halogens is 1. The standard InChI is InChI=1S/C54H48O2.HI/c1-5-20-42-49-44(34(2)52-53(42)56-54(3,4)55-52)46(38-26-14-8-15-27-38)51-45(37-24-12-7-13-25-37)41-32-31-36-23-18-19-30-40(36)48(41)43(33-35-21-10-6-11-22-35)50(51)47(49)39-28-16-9-17-29-39;/h6-19,21-32,34,42,52-53H,5,20,33H2,1-4H3;1H. The zero-order chi connectivity index (χ0) is 38.0. The Kier molecular flexibility index (Phi) is 10.0. The van der Waals surface area contributed by atoms with Crippen molar-refractivity contribution >= 4 is 56.3 Å². The van der Waals surface area contributed by atoms with Crippen molar-refractivity contribution in [3.05, 3.63) is 180 Å². The van der Waals surface area contributed by atoms with E-state index in [4.69, 9.17) is 9.47 Å². The molecule has 284 valence electrons. The summed E-state index contributed by atoms with van der Waals surface area (Å²) in [6.45, 7) is 8.92. The van der Waals surface area contributed by atoms with E-state index in [2.05, 4.69) is 185 Å². The summed E-state index contributed by atoms with van der Waals surface area (Å²) in [7, 11) is 0. The third-order valence-electron chi connectivity index (χ3n) is 12.5. The molecule has 8 aromatic carbocycles. The number of benzene rings is 8. The van der Waals surface area contributed by atoms with E-state index in [1.165, 1.54) is 88.0 Å². The molecular weight excluding hydrogens is 807 g/mol. The maximum absolute atomic E-state index is 7.02. The van der Waals surface area contributed by atoms with Gasteiger partial charge in [-0.05, 0) is 115 Å².